The van der Waals surface area contributed by atoms with Gasteiger partial charge in [-0.15, -0.1) is 0 Å². The Bertz CT molecular complexity index is 1470. The number of nitriles is 1. The van der Waals surface area contributed by atoms with Gasteiger partial charge in [0.2, 0.25) is 6.43 Å². The molecule has 5 rings (SSSR count). The van der Waals surface area contributed by atoms with Gasteiger partial charge in [0.15, 0.2) is 12.3 Å². The molecule has 0 saturated heterocycles. The Kier molecular flexibility index (Phi) is 5.96. The highest BCUT2D eigenvalue weighted by molar-refractivity contribution is 6.30. The number of carbonyl (C=O) groups is 1. The largest absolute Gasteiger partial charge is 0.482 e. The van der Waals surface area contributed by atoms with Crippen LogP contribution in [0.1, 0.15) is 23.5 Å². The number of aromatic nitrogens is 5. The first-order valence-corrected chi connectivity index (χ1v) is 10.9. The Morgan fingerprint density at radius 3 is 2.80 bits per heavy atom. The quantitative estimate of drug-likeness (QED) is 0.428. The number of fused-ring (bicyclic) bond motifs is 2. The number of alkyl halides is 2. The monoisotopic (exact) mass is 495 g/mol. The Morgan fingerprint density at radius 1 is 1.26 bits per heavy atom. The number of anilines is 1. The number of hydrogen-bond donors (Lipinski definition) is 1. The molecule has 1 aliphatic rings. The molecule has 4 aromatic rings. The number of hydrogen-bond acceptors (Lipinski definition) is 7. The van der Waals surface area contributed by atoms with Crippen LogP contribution in [0.5, 0.6) is 5.75 Å². The number of nitrogens with zero attached hydrogens (tertiary/aromatic N) is 6. The summed E-state index contributed by atoms with van der Waals surface area (Å²) in [6, 6.07) is 7.26. The molecule has 0 spiro atoms. The van der Waals surface area contributed by atoms with Crippen molar-refractivity contribution in [3.05, 3.63) is 58.9 Å². The Hall–Kier alpha value is -4.17. The molecule has 1 amide bonds. The standard InChI is InChI=1S/C23H16ClF2N7O2/c24-13-7-28-20(29-8-13)10-33-17-3-1-12(5-18(17)35-11-21(33)34)22-14(6-27)16(2-4-19(25)26)31-23-15(22)9-30-32-23/h1,3,5,7-9,19H,2,4,10-11H2,(H,30,31,32). The van der Waals surface area contributed by atoms with Crippen LogP contribution in [-0.4, -0.2) is 44.1 Å². The van der Waals surface area contributed by atoms with Crippen molar-refractivity contribution in [3.8, 4) is 22.9 Å². The fraction of sp³-hybridized carbons (Fsp3) is 0.217. The van der Waals surface area contributed by atoms with E-state index in [1.165, 1.54) is 23.5 Å². The van der Waals surface area contributed by atoms with Gasteiger partial charge in [0, 0.05) is 29.8 Å². The maximum absolute atomic E-state index is 12.9. The van der Waals surface area contributed by atoms with Gasteiger partial charge in [-0.05, 0) is 24.1 Å². The third-order valence-electron chi connectivity index (χ3n) is 5.55. The Labute approximate surface area is 202 Å². The lowest BCUT2D eigenvalue weighted by atomic mass is 9.94. The van der Waals surface area contributed by atoms with E-state index < -0.39 is 12.8 Å². The summed E-state index contributed by atoms with van der Waals surface area (Å²) in [5, 5.41) is 17.6. The van der Waals surface area contributed by atoms with E-state index in [1.54, 1.807) is 18.2 Å². The predicted octanol–water partition coefficient (Wildman–Crippen LogP) is 4.06. The molecule has 9 nitrogen and oxygen atoms in total. The summed E-state index contributed by atoms with van der Waals surface area (Å²) < 4.78 is 31.4. The average Bonchev–Trinajstić information content (AvgIpc) is 3.32. The summed E-state index contributed by atoms with van der Waals surface area (Å²) in [5.74, 6) is 0.559. The van der Waals surface area contributed by atoms with Crippen LogP contribution >= 0.6 is 11.6 Å². The molecule has 176 valence electrons. The number of pyridine rings is 1. The number of aryl methyl sites for hydroxylation is 1. The summed E-state index contributed by atoms with van der Waals surface area (Å²) in [4.78, 5) is 26.7. The van der Waals surface area contributed by atoms with E-state index in [1.807, 2.05) is 0 Å². The van der Waals surface area contributed by atoms with Gasteiger partial charge in [0.05, 0.1) is 34.7 Å². The van der Waals surface area contributed by atoms with Crippen molar-refractivity contribution in [2.24, 2.45) is 0 Å². The van der Waals surface area contributed by atoms with Crippen molar-refractivity contribution in [2.45, 2.75) is 25.8 Å². The zero-order valence-electron chi connectivity index (χ0n) is 18.0. The van der Waals surface area contributed by atoms with Crippen LogP contribution in [0.15, 0.2) is 36.8 Å². The molecule has 0 atom stereocenters. The smallest absolute Gasteiger partial charge is 0.265 e. The first-order valence-electron chi connectivity index (χ1n) is 10.5. The van der Waals surface area contributed by atoms with Gasteiger partial charge in [-0.3, -0.25) is 14.8 Å². The summed E-state index contributed by atoms with van der Waals surface area (Å²) in [7, 11) is 0. The molecule has 1 aromatic carbocycles. The summed E-state index contributed by atoms with van der Waals surface area (Å²) in [6.07, 6.45) is 1.44. The second kappa shape index (κ2) is 9.23. The first-order chi connectivity index (χ1) is 16.9. The minimum Gasteiger partial charge on any atom is -0.482 e. The highest BCUT2D eigenvalue weighted by Crippen LogP contribution is 2.40. The fourth-order valence-electron chi connectivity index (χ4n) is 3.96. The van der Waals surface area contributed by atoms with E-state index in [2.05, 4.69) is 31.2 Å². The minimum atomic E-state index is -2.52. The highest BCUT2D eigenvalue weighted by Gasteiger charge is 2.28. The first kappa shape index (κ1) is 22.6. The van der Waals surface area contributed by atoms with Crippen molar-refractivity contribution in [2.75, 3.05) is 11.5 Å². The van der Waals surface area contributed by atoms with Gasteiger partial charge in [0.25, 0.3) is 5.91 Å². The SMILES string of the molecule is N#Cc1c(CCC(F)F)nc2[nH]ncc2c1-c1ccc2c(c1)OCC(=O)N2Cc1ncc(Cl)cn1. The van der Waals surface area contributed by atoms with Crippen molar-refractivity contribution >= 4 is 34.2 Å². The molecule has 12 heteroatoms. The molecule has 0 bridgehead atoms. The van der Waals surface area contributed by atoms with Crippen LogP contribution in [0.4, 0.5) is 14.5 Å². The van der Waals surface area contributed by atoms with Gasteiger partial charge < -0.3 is 4.74 Å². The number of carbonyl (C=O) groups excluding carboxylic acids is 1. The van der Waals surface area contributed by atoms with E-state index in [-0.39, 0.29) is 36.7 Å². The number of amides is 1. The van der Waals surface area contributed by atoms with E-state index in [0.717, 1.165) is 0 Å². The zero-order valence-corrected chi connectivity index (χ0v) is 18.8. The van der Waals surface area contributed by atoms with Crippen LogP contribution in [0, 0.1) is 11.3 Å². The van der Waals surface area contributed by atoms with Gasteiger partial charge in [-0.25, -0.2) is 23.7 Å². The number of ether oxygens (including phenoxy) is 1. The highest BCUT2D eigenvalue weighted by atomic mass is 35.5. The van der Waals surface area contributed by atoms with E-state index in [4.69, 9.17) is 16.3 Å². The molecule has 1 N–H and O–H groups in total. The van der Waals surface area contributed by atoms with E-state index in [9.17, 15) is 18.8 Å². The van der Waals surface area contributed by atoms with Crippen LogP contribution in [0.3, 0.4) is 0 Å². The lowest BCUT2D eigenvalue weighted by Gasteiger charge is -2.29. The fourth-order valence-corrected chi connectivity index (χ4v) is 4.06. The third kappa shape index (κ3) is 4.36. The van der Waals surface area contributed by atoms with Crippen molar-refractivity contribution in [3.63, 3.8) is 0 Å². The van der Waals surface area contributed by atoms with Crippen LogP contribution in [-0.2, 0) is 17.8 Å². The Balaban J connectivity index is 1.58. The predicted molar refractivity (Wildman–Crippen MR) is 122 cm³/mol. The van der Waals surface area contributed by atoms with Gasteiger partial charge in [-0.1, -0.05) is 17.7 Å². The van der Waals surface area contributed by atoms with E-state index in [0.29, 0.717) is 44.4 Å². The average molecular weight is 496 g/mol. The number of halogens is 3. The Morgan fingerprint density at radius 2 is 2.06 bits per heavy atom. The van der Waals surface area contributed by atoms with Crippen molar-refractivity contribution in [1.82, 2.24) is 25.1 Å². The number of nitrogens with one attached hydrogen (secondary N) is 1. The molecule has 0 saturated carbocycles. The second-order valence-corrected chi connectivity index (χ2v) is 8.19. The lowest BCUT2D eigenvalue weighted by Crippen LogP contribution is -2.38. The van der Waals surface area contributed by atoms with Gasteiger partial charge in [0.1, 0.15) is 17.6 Å². The lowest BCUT2D eigenvalue weighted by molar-refractivity contribution is -0.121. The summed E-state index contributed by atoms with van der Waals surface area (Å²) in [5.41, 5.74) is 2.46. The van der Waals surface area contributed by atoms with E-state index >= 15 is 0 Å². The molecular formula is C23H16ClF2N7O2. The second-order valence-electron chi connectivity index (χ2n) is 7.75. The molecule has 3 aromatic heterocycles. The maximum Gasteiger partial charge on any atom is 0.265 e. The molecule has 4 heterocycles. The molecule has 1 aliphatic heterocycles. The third-order valence-corrected chi connectivity index (χ3v) is 5.75. The molecule has 35 heavy (non-hydrogen) atoms. The number of rotatable bonds is 6. The molecular weight excluding hydrogens is 480 g/mol. The van der Waals surface area contributed by atoms with Crippen LogP contribution < -0.4 is 9.64 Å². The molecule has 0 unspecified atom stereocenters. The molecule has 0 aliphatic carbocycles. The molecule has 0 radical (unpaired) electrons. The topological polar surface area (TPSA) is 121 Å². The molecule has 0 fully saturated rings. The normalized spacial score (nSPS) is 13.1. The maximum atomic E-state index is 12.9. The number of aromatic amines is 1. The van der Waals surface area contributed by atoms with Gasteiger partial charge in [-0.2, -0.15) is 10.4 Å². The van der Waals surface area contributed by atoms with Crippen LogP contribution in [0.25, 0.3) is 22.2 Å². The van der Waals surface area contributed by atoms with Crippen LogP contribution in [0.2, 0.25) is 5.02 Å². The number of H-pyrrole nitrogens is 1. The van der Waals surface area contributed by atoms with Gasteiger partial charge >= 0.3 is 0 Å². The summed E-state index contributed by atoms with van der Waals surface area (Å²) >= 11 is 5.85. The minimum absolute atomic E-state index is 0.0622. The summed E-state index contributed by atoms with van der Waals surface area (Å²) in [6.45, 7) is -0.0690. The number of benzene rings is 1. The van der Waals surface area contributed by atoms with Crippen molar-refractivity contribution < 1.29 is 18.3 Å². The van der Waals surface area contributed by atoms with Crippen molar-refractivity contribution in [1.29, 1.82) is 5.26 Å². The zero-order chi connectivity index (χ0) is 24.5.